The van der Waals surface area contributed by atoms with Gasteiger partial charge in [-0.15, -0.1) is 0 Å². The van der Waals surface area contributed by atoms with Crippen LogP contribution in [-0.2, 0) is 4.79 Å². The lowest BCUT2D eigenvalue weighted by Gasteiger charge is -2.24. The van der Waals surface area contributed by atoms with Crippen LogP contribution in [0.1, 0.15) is 155 Å². The highest BCUT2D eigenvalue weighted by Crippen LogP contribution is 2.16. The normalized spacial score (nSPS) is 23.1. The molecule has 0 radical (unpaired) electrons. The first-order chi connectivity index (χ1) is 15.2. The average molecular weight is 454 g/mol. The van der Waals surface area contributed by atoms with Crippen LogP contribution in [0.15, 0.2) is 0 Å². The zero-order valence-corrected chi connectivity index (χ0v) is 22.0. The number of nitrogens with zero attached hydrogens (tertiary/aromatic N) is 1. The zero-order chi connectivity index (χ0) is 22.4. The molecule has 0 N–H and O–H groups in total. The predicted molar refractivity (Wildman–Crippen MR) is 141 cm³/mol. The van der Waals surface area contributed by atoms with Crippen molar-refractivity contribution >= 4 is 18.5 Å². The number of hydrogen-bond donors (Lipinski definition) is 1. The van der Waals surface area contributed by atoms with Gasteiger partial charge in [-0.2, -0.15) is 12.6 Å². The predicted octanol–water partition coefficient (Wildman–Crippen LogP) is 9.12. The van der Waals surface area contributed by atoms with Crippen molar-refractivity contribution in [2.45, 2.75) is 160 Å². The summed E-state index contributed by atoms with van der Waals surface area (Å²) in [5.41, 5.74) is 0. The Kier molecular flexibility index (Phi) is 20.2. The van der Waals surface area contributed by atoms with Gasteiger partial charge in [-0.3, -0.25) is 4.79 Å². The molecule has 0 spiro atoms. The summed E-state index contributed by atoms with van der Waals surface area (Å²) in [4.78, 5) is 14.6. The van der Waals surface area contributed by atoms with Crippen LogP contribution in [0.4, 0.5) is 0 Å². The van der Waals surface area contributed by atoms with Crippen molar-refractivity contribution in [2.75, 3.05) is 13.1 Å². The molecule has 0 aliphatic carbocycles. The minimum Gasteiger partial charge on any atom is -0.342 e. The summed E-state index contributed by atoms with van der Waals surface area (Å²) in [6.07, 6.45) is 31.9. The fourth-order valence-electron chi connectivity index (χ4n) is 4.91. The Balaban J connectivity index is 2.27. The molecule has 1 fully saturated rings. The highest BCUT2D eigenvalue weighted by atomic mass is 32.1. The molecule has 0 saturated carbocycles. The second-order valence-corrected chi connectivity index (χ2v) is 10.9. The SMILES string of the molecule is CC(S)C(=O)N1CCCCCCCCCCCCCCCCCCCCCCCCC1. The molecule has 0 aromatic carbocycles. The van der Waals surface area contributed by atoms with Gasteiger partial charge in [0, 0.05) is 13.1 Å². The number of hydrogen-bond acceptors (Lipinski definition) is 2. The maximum Gasteiger partial charge on any atom is 0.235 e. The molecule has 1 rings (SSSR count). The van der Waals surface area contributed by atoms with E-state index in [2.05, 4.69) is 17.5 Å². The van der Waals surface area contributed by atoms with E-state index in [1.165, 1.54) is 135 Å². The van der Waals surface area contributed by atoms with Crippen molar-refractivity contribution in [3.05, 3.63) is 0 Å². The van der Waals surface area contributed by atoms with Crippen LogP contribution in [0.2, 0.25) is 0 Å². The number of carbonyl (C=O) groups is 1. The van der Waals surface area contributed by atoms with Gasteiger partial charge in [0.05, 0.1) is 5.25 Å². The standard InChI is InChI=1S/C28H55NOS/c1-27(31)28(30)29-25-23-21-19-17-15-13-11-9-7-5-3-2-4-6-8-10-12-14-16-18-20-22-24-26-29/h27,31H,2-26H2,1H3. The molecule has 0 aromatic heterocycles. The molecule has 2 nitrogen and oxygen atoms in total. The van der Waals surface area contributed by atoms with Crippen LogP contribution < -0.4 is 0 Å². The second kappa shape index (κ2) is 21.7. The third-order valence-electron chi connectivity index (χ3n) is 7.03. The van der Waals surface area contributed by atoms with Crippen molar-refractivity contribution in [2.24, 2.45) is 0 Å². The van der Waals surface area contributed by atoms with E-state index in [9.17, 15) is 4.79 Å². The molecule has 1 aliphatic heterocycles. The molecule has 1 unspecified atom stereocenters. The van der Waals surface area contributed by atoms with Crippen molar-refractivity contribution in [1.29, 1.82) is 0 Å². The molecule has 3 heteroatoms. The Bertz CT molecular complexity index is 372. The topological polar surface area (TPSA) is 20.3 Å². The summed E-state index contributed by atoms with van der Waals surface area (Å²) >= 11 is 4.40. The van der Waals surface area contributed by atoms with Gasteiger partial charge in [0.1, 0.15) is 0 Å². The van der Waals surface area contributed by atoms with Crippen LogP contribution in [0.25, 0.3) is 0 Å². The summed E-state index contributed by atoms with van der Waals surface area (Å²) in [7, 11) is 0. The Morgan fingerprint density at radius 2 is 0.677 bits per heavy atom. The van der Waals surface area contributed by atoms with Gasteiger partial charge >= 0.3 is 0 Å². The van der Waals surface area contributed by atoms with Crippen molar-refractivity contribution in [3.8, 4) is 0 Å². The van der Waals surface area contributed by atoms with E-state index in [4.69, 9.17) is 0 Å². The van der Waals surface area contributed by atoms with Crippen molar-refractivity contribution in [1.82, 2.24) is 4.90 Å². The second-order valence-electron chi connectivity index (χ2n) is 10.1. The Morgan fingerprint density at radius 1 is 0.484 bits per heavy atom. The van der Waals surface area contributed by atoms with Crippen molar-refractivity contribution in [3.63, 3.8) is 0 Å². The largest absolute Gasteiger partial charge is 0.342 e. The van der Waals surface area contributed by atoms with Crippen LogP contribution in [0, 0.1) is 0 Å². The molecule has 0 aromatic rings. The van der Waals surface area contributed by atoms with E-state index < -0.39 is 0 Å². The highest BCUT2D eigenvalue weighted by molar-refractivity contribution is 7.81. The van der Waals surface area contributed by atoms with E-state index in [0.717, 1.165) is 25.9 Å². The zero-order valence-electron chi connectivity index (χ0n) is 21.1. The maximum absolute atomic E-state index is 12.5. The minimum atomic E-state index is -0.166. The van der Waals surface area contributed by atoms with Crippen LogP contribution in [-0.4, -0.2) is 29.1 Å². The Labute approximate surface area is 201 Å². The number of amides is 1. The number of rotatable bonds is 1. The van der Waals surface area contributed by atoms with E-state index in [-0.39, 0.29) is 11.2 Å². The van der Waals surface area contributed by atoms with E-state index in [1.54, 1.807) is 0 Å². The lowest BCUT2D eigenvalue weighted by Crippen LogP contribution is -2.37. The lowest BCUT2D eigenvalue weighted by molar-refractivity contribution is -0.130. The monoisotopic (exact) mass is 453 g/mol. The lowest BCUT2D eigenvalue weighted by atomic mass is 10.0. The molecule has 184 valence electrons. The minimum absolute atomic E-state index is 0.166. The van der Waals surface area contributed by atoms with E-state index >= 15 is 0 Å². The summed E-state index contributed by atoms with van der Waals surface area (Å²) in [6.45, 7) is 3.79. The molecule has 1 saturated heterocycles. The first-order valence-electron chi connectivity index (χ1n) is 14.2. The van der Waals surface area contributed by atoms with Gasteiger partial charge < -0.3 is 4.90 Å². The molecule has 1 atom stereocenters. The Hall–Kier alpha value is -0.180. The first kappa shape index (κ1) is 28.9. The fourth-order valence-corrected chi connectivity index (χ4v) is 5.08. The molecule has 0 bridgehead atoms. The van der Waals surface area contributed by atoms with Crippen LogP contribution in [0.3, 0.4) is 0 Å². The van der Waals surface area contributed by atoms with Gasteiger partial charge in [0.25, 0.3) is 0 Å². The van der Waals surface area contributed by atoms with Crippen molar-refractivity contribution < 1.29 is 4.79 Å². The van der Waals surface area contributed by atoms with E-state index in [1.807, 2.05) is 6.92 Å². The summed E-state index contributed by atoms with van der Waals surface area (Å²) in [6, 6.07) is 0. The fraction of sp³-hybridized carbons (Fsp3) is 0.964. The van der Waals surface area contributed by atoms with Gasteiger partial charge in [-0.05, 0) is 19.8 Å². The highest BCUT2D eigenvalue weighted by Gasteiger charge is 2.16. The molecule has 1 heterocycles. The summed E-state index contributed by atoms with van der Waals surface area (Å²) in [5, 5.41) is -0.166. The molecule has 1 aliphatic rings. The molecule has 31 heavy (non-hydrogen) atoms. The van der Waals surface area contributed by atoms with Gasteiger partial charge in [-0.1, -0.05) is 135 Å². The smallest absolute Gasteiger partial charge is 0.235 e. The molecular formula is C28H55NOS. The maximum atomic E-state index is 12.5. The quantitative estimate of drug-likeness (QED) is 0.392. The van der Waals surface area contributed by atoms with Crippen LogP contribution >= 0.6 is 12.6 Å². The summed E-state index contributed by atoms with van der Waals surface area (Å²) < 4.78 is 0. The van der Waals surface area contributed by atoms with Gasteiger partial charge in [-0.25, -0.2) is 0 Å². The molecular weight excluding hydrogens is 398 g/mol. The Morgan fingerprint density at radius 3 is 0.871 bits per heavy atom. The van der Waals surface area contributed by atoms with E-state index in [0.29, 0.717) is 0 Å². The summed E-state index contributed by atoms with van der Waals surface area (Å²) in [5.74, 6) is 0.233. The molecule has 1 amide bonds. The first-order valence-corrected chi connectivity index (χ1v) is 14.7. The third-order valence-corrected chi connectivity index (χ3v) is 7.25. The van der Waals surface area contributed by atoms with Gasteiger partial charge in [0.2, 0.25) is 5.91 Å². The number of carbonyl (C=O) groups excluding carboxylic acids is 1. The van der Waals surface area contributed by atoms with Crippen LogP contribution in [0.5, 0.6) is 0 Å². The number of thiol groups is 1. The third kappa shape index (κ3) is 18.0. The average Bonchev–Trinajstić information content (AvgIpc) is 2.76. The van der Waals surface area contributed by atoms with Gasteiger partial charge in [0.15, 0.2) is 0 Å².